The van der Waals surface area contributed by atoms with Gasteiger partial charge in [-0.2, -0.15) is 10.1 Å². The van der Waals surface area contributed by atoms with Crippen molar-refractivity contribution >= 4 is 45.6 Å². The summed E-state index contributed by atoms with van der Waals surface area (Å²) < 4.78 is 12.2. The molecule has 1 heterocycles. The fourth-order valence-electron chi connectivity index (χ4n) is 5.90. The average Bonchev–Trinajstić information content (AvgIpc) is 3.62. The molecule has 34 heavy (non-hydrogen) atoms. The van der Waals surface area contributed by atoms with Crippen LogP contribution >= 0.6 is 27.5 Å². The van der Waals surface area contributed by atoms with Gasteiger partial charge in [0, 0.05) is 10.6 Å². The Labute approximate surface area is 210 Å². The number of imide groups is 1. The first-order valence-corrected chi connectivity index (χ1v) is 12.5. The lowest BCUT2D eigenvalue weighted by molar-refractivity contribution is -0.140. The molecule has 1 saturated heterocycles. The molecule has 2 amide bonds. The van der Waals surface area contributed by atoms with Gasteiger partial charge in [-0.1, -0.05) is 42.0 Å². The Hall–Kier alpha value is -2.64. The van der Waals surface area contributed by atoms with Crippen LogP contribution in [0.3, 0.4) is 0 Å². The summed E-state index contributed by atoms with van der Waals surface area (Å²) in [6, 6.07) is 11.1. The zero-order valence-corrected chi connectivity index (χ0v) is 20.7. The van der Waals surface area contributed by atoms with Crippen LogP contribution in [0.25, 0.3) is 0 Å². The molecule has 0 aromatic heterocycles. The zero-order chi connectivity index (χ0) is 23.6. The third kappa shape index (κ3) is 3.40. The number of carbonyl (C=O) groups is 2. The molecule has 4 aliphatic carbocycles. The number of nitrogens with zero attached hydrogens (tertiary/aromatic N) is 2. The fraction of sp³-hybridized carbons (Fsp3) is 0.346. The summed E-state index contributed by atoms with van der Waals surface area (Å²) in [6.07, 6.45) is 6.97. The van der Waals surface area contributed by atoms with Gasteiger partial charge in [0.1, 0.15) is 6.61 Å². The van der Waals surface area contributed by atoms with Crippen molar-refractivity contribution in [2.24, 2.45) is 40.6 Å². The molecule has 6 nitrogen and oxygen atoms in total. The highest BCUT2D eigenvalue weighted by Crippen LogP contribution is 2.65. The Morgan fingerprint density at radius 3 is 2.44 bits per heavy atom. The van der Waals surface area contributed by atoms with Gasteiger partial charge < -0.3 is 9.47 Å². The molecule has 0 unspecified atom stereocenters. The maximum Gasteiger partial charge on any atom is 0.254 e. The number of carbonyl (C=O) groups excluding carboxylic acids is 2. The lowest BCUT2D eigenvalue weighted by atomic mass is 9.63. The minimum atomic E-state index is -0.259. The Morgan fingerprint density at radius 2 is 1.79 bits per heavy atom. The molecule has 2 saturated carbocycles. The number of rotatable bonds is 6. The largest absolute Gasteiger partial charge is 0.493 e. The number of benzene rings is 2. The Bertz CT molecular complexity index is 1230. The van der Waals surface area contributed by atoms with Crippen molar-refractivity contribution in [3.8, 4) is 11.5 Å². The summed E-state index contributed by atoms with van der Waals surface area (Å²) in [5.41, 5.74) is 1.53. The summed E-state index contributed by atoms with van der Waals surface area (Å²) in [5.74, 6) is 1.64. The highest BCUT2D eigenvalue weighted by Gasteiger charge is 2.67. The van der Waals surface area contributed by atoms with Gasteiger partial charge in [0.05, 0.1) is 29.6 Å². The van der Waals surface area contributed by atoms with Crippen LogP contribution < -0.4 is 9.47 Å². The molecule has 6 atom stereocenters. The summed E-state index contributed by atoms with van der Waals surface area (Å²) in [4.78, 5) is 26.2. The van der Waals surface area contributed by atoms with E-state index < -0.39 is 0 Å². The highest BCUT2D eigenvalue weighted by molar-refractivity contribution is 9.10. The van der Waals surface area contributed by atoms with Crippen LogP contribution in [-0.4, -0.2) is 30.1 Å². The second-order valence-electron chi connectivity index (χ2n) is 9.30. The van der Waals surface area contributed by atoms with Crippen molar-refractivity contribution in [1.82, 2.24) is 5.01 Å². The second kappa shape index (κ2) is 8.24. The van der Waals surface area contributed by atoms with E-state index >= 15 is 0 Å². The smallest absolute Gasteiger partial charge is 0.254 e. The van der Waals surface area contributed by atoms with Gasteiger partial charge in [0.15, 0.2) is 11.5 Å². The number of hydrogen-bond acceptors (Lipinski definition) is 5. The summed E-state index contributed by atoms with van der Waals surface area (Å²) >= 11 is 9.77. The third-order valence-electron chi connectivity index (χ3n) is 7.54. The molecule has 0 radical (unpaired) electrons. The topological polar surface area (TPSA) is 68.2 Å². The average molecular weight is 542 g/mol. The first kappa shape index (κ1) is 21.9. The molecule has 2 aromatic rings. The standard InChI is InChI=1S/C26H22BrClN2O4/c1-33-21-9-13(8-19(27)24(21)34-12-14-4-2-3-5-20(14)28)11-29-30-25(31)22-15-6-7-16(18-10-17(15)18)23(22)26(30)32/h2-9,11,15-18,22-23H,10,12H2,1H3/b29-11-/t15-,16-,17-,18+,22+,23-/m1/s1. The normalized spacial score (nSPS) is 30.6. The second-order valence-corrected chi connectivity index (χ2v) is 10.6. The van der Waals surface area contributed by atoms with E-state index in [1.807, 2.05) is 30.3 Å². The van der Waals surface area contributed by atoms with Gasteiger partial charge in [0.2, 0.25) is 0 Å². The van der Waals surface area contributed by atoms with Gasteiger partial charge in [0.25, 0.3) is 11.8 Å². The molecule has 8 heteroatoms. The zero-order valence-electron chi connectivity index (χ0n) is 18.4. The number of hydrogen-bond donors (Lipinski definition) is 0. The predicted octanol–water partition coefficient (Wildman–Crippen LogP) is 5.08. The number of halogens is 2. The number of methoxy groups -OCH3 is 1. The van der Waals surface area contributed by atoms with Crippen molar-refractivity contribution in [3.05, 3.63) is 69.2 Å². The van der Waals surface area contributed by atoms with E-state index in [9.17, 15) is 9.59 Å². The molecule has 0 spiro atoms. The van der Waals surface area contributed by atoms with Gasteiger partial charge in [-0.3, -0.25) is 9.59 Å². The van der Waals surface area contributed by atoms with Crippen molar-refractivity contribution in [1.29, 1.82) is 0 Å². The third-order valence-corrected chi connectivity index (χ3v) is 8.50. The van der Waals surface area contributed by atoms with Gasteiger partial charge in [-0.15, -0.1) is 0 Å². The molecule has 7 rings (SSSR count). The summed E-state index contributed by atoms with van der Waals surface area (Å²) in [7, 11) is 1.55. The van der Waals surface area contributed by atoms with Crippen molar-refractivity contribution in [2.75, 3.05) is 7.11 Å². The lowest BCUT2D eigenvalue weighted by Crippen LogP contribution is -2.40. The van der Waals surface area contributed by atoms with Crippen LogP contribution in [0.2, 0.25) is 5.02 Å². The number of ether oxygens (including phenoxy) is 2. The van der Waals surface area contributed by atoms with E-state index in [1.54, 1.807) is 13.2 Å². The molecule has 2 aromatic carbocycles. The maximum atomic E-state index is 13.1. The van der Waals surface area contributed by atoms with Crippen LogP contribution in [-0.2, 0) is 16.2 Å². The first-order valence-electron chi connectivity index (χ1n) is 11.3. The Balaban J connectivity index is 1.21. The monoisotopic (exact) mass is 540 g/mol. The maximum absolute atomic E-state index is 13.1. The van der Waals surface area contributed by atoms with Crippen LogP contribution in [0, 0.1) is 35.5 Å². The lowest BCUT2D eigenvalue weighted by Gasteiger charge is -2.37. The molecule has 2 bridgehead atoms. The van der Waals surface area contributed by atoms with Crippen LogP contribution in [0.1, 0.15) is 17.5 Å². The minimum absolute atomic E-state index is 0.179. The number of hydrazone groups is 1. The van der Waals surface area contributed by atoms with Crippen LogP contribution in [0.4, 0.5) is 0 Å². The fourth-order valence-corrected chi connectivity index (χ4v) is 6.66. The van der Waals surface area contributed by atoms with E-state index in [4.69, 9.17) is 21.1 Å². The Morgan fingerprint density at radius 1 is 1.12 bits per heavy atom. The molecule has 174 valence electrons. The SMILES string of the molecule is COc1cc(/C=N\N2C(=O)[C@@H]3[C@@H]4C=C[C@H]([C@H]5C[C@@H]45)[C@@H]3C2=O)cc(Br)c1OCc1ccccc1Cl. The van der Waals surface area contributed by atoms with Crippen molar-refractivity contribution < 1.29 is 19.1 Å². The van der Waals surface area contributed by atoms with E-state index in [0.29, 0.717) is 38.4 Å². The Kier molecular flexibility index (Phi) is 5.30. The predicted molar refractivity (Wildman–Crippen MR) is 131 cm³/mol. The minimum Gasteiger partial charge on any atom is -0.493 e. The van der Waals surface area contributed by atoms with E-state index in [0.717, 1.165) is 17.0 Å². The van der Waals surface area contributed by atoms with Crippen LogP contribution in [0.15, 0.2) is 58.1 Å². The van der Waals surface area contributed by atoms with Gasteiger partial charge in [-0.25, -0.2) is 0 Å². The number of amides is 2. The quantitative estimate of drug-likeness (QED) is 0.291. The molecular formula is C26H22BrClN2O4. The highest BCUT2D eigenvalue weighted by atomic mass is 79.9. The molecule has 0 N–H and O–H groups in total. The van der Waals surface area contributed by atoms with Crippen molar-refractivity contribution in [3.63, 3.8) is 0 Å². The van der Waals surface area contributed by atoms with Crippen LogP contribution in [0.5, 0.6) is 11.5 Å². The summed E-state index contributed by atoms with van der Waals surface area (Å²) in [5, 5.41) is 6.02. The van der Waals surface area contributed by atoms with E-state index in [1.165, 1.54) is 6.21 Å². The van der Waals surface area contributed by atoms with Gasteiger partial charge in [-0.05, 0) is 69.8 Å². The van der Waals surface area contributed by atoms with Crippen molar-refractivity contribution in [2.45, 2.75) is 13.0 Å². The van der Waals surface area contributed by atoms with E-state index in [2.05, 4.69) is 33.2 Å². The molecule has 3 fully saturated rings. The molecule has 5 aliphatic rings. The summed E-state index contributed by atoms with van der Waals surface area (Å²) in [6.45, 7) is 0.278. The molecule has 1 aliphatic heterocycles. The first-order chi connectivity index (χ1) is 16.5. The number of allylic oxidation sites excluding steroid dienone is 2. The molecular weight excluding hydrogens is 520 g/mol. The van der Waals surface area contributed by atoms with Gasteiger partial charge >= 0.3 is 0 Å². The van der Waals surface area contributed by atoms with E-state index in [-0.39, 0.29) is 42.1 Å².